The third-order valence-electron chi connectivity index (χ3n) is 2.54. The van der Waals surface area contributed by atoms with Crippen LogP contribution in [0.25, 0.3) is 0 Å². The Kier molecular flexibility index (Phi) is 5.92. The standard InChI is InChI=1S/C13H15F2NO3/c14-10-6-5-9(11(15)7-10)8-16-12(17)3-1-2-4-13(18)19/h5-7H,1-4,8H2,(H,16,17)(H,18,19). The quantitative estimate of drug-likeness (QED) is 0.747. The number of hydrogen-bond donors (Lipinski definition) is 2. The summed E-state index contributed by atoms with van der Waals surface area (Å²) in [6, 6.07) is 3.15. The van der Waals surface area contributed by atoms with Crippen molar-refractivity contribution in [1.82, 2.24) is 5.32 Å². The highest BCUT2D eigenvalue weighted by molar-refractivity contribution is 5.75. The van der Waals surface area contributed by atoms with E-state index in [1.807, 2.05) is 0 Å². The van der Waals surface area contributed by atoms with E-state index >= 15 is 0 Å². The summed E-state index contributed by atoms with van der Waals surface area (Å²) in [5, 5.41) is 10.9. The highest BCUT2D eigenvalue weighted by atomic mass is 19.1. The van der Waals surface area contributed by atoms with Gasteiger partial charge < -0.3 is 10.4 Å². The summed E-state index contributed by atoms with van der Waals surface area (Å²) in [5.41, 5.74) is 0.209. The van der Waals surface area contributed by atoms with Crippen molar-refractivity contribution in [2.24, 2.45) is 0 Å². The van der Waals surface area contributed by atoms with Gasteiger partial charge in [0.25, 0.3) is 0 Å². The van der Waals surface area contributed by atoms with Crippen LogP contribution in [-0.4, -0.2) is 17.0 Å². The third kappa shape index (κ3) is 5.94. The van der Waals surface area contributed by atoms with Crippen molar-refractivity contribution >= 4 is 11.9 Å². The van der Waals surface area contributed by atoms with E-state index in [0.717, 1.165) is 12.1 Å². The molecular formula is C13H15F2NO3. The van der Waals surface area contributed by atoms with E-state index in [-0.39, 0.29) is 30.9 Å². The van der Waals surface area contributed by atoms with Crippen LogP contribution in [0.2, 0.25) is 0 Å². The van der Waals surface area contributed by atoms with E-state index in [1.54, 1.807) is 0 Å². The van der Waals surface area contributed by atoms with Gasteiger partial charge in [-0.15, -0.1) is 0 Å². The van der Waals surface area contributed by atoms with Gasteiger partial charge in [0.05, 0.1) is 0 Å². The number of nitrogens with one attached hydrogen (secondary N) is 1. The summed E-state index contributed by atoms with van der Waals surface area (Å²) in [6.45, 7) is -0.0100. The number of hydrogen-bond acceptors (Lipinski definition) is 2. The molecule has 1 aromatic carbocycles. The van der Waals surface area contributed by atoms with Crippen LogP contribution in [0.15, 0.2) is 18.2 Å². The number of carbonyl (C=O) groups is 2. The maximum absolute atomic E-state index is 13.2. The first kappa shape index (κ1) is 15.1. The van der Waals surface area contributed by atoms with Crippen molar-refractivity contribution < 1.29 is 23.5 Å². The van der Waals surface area contributed by atoms with E-state index < -0.39 is 17.6 Å². The minimum Gasteiger partial charge on any atom is -0.481 e. The summed E-state index contributed by atoms with van der Waals surface area (Å²) in [4.78, 5) is 21.6. The van der Waals surface area contributed by atoms with Gasteiger partial charge >= 0.3 is 5.97 Å². The van der Waals surface area contributed by atoms with Crippen LogP contribution in [0.1, 0.15) is 31.2 Å². The molecule has 0 bridgehead atoms. The topological polar surface area (TPSA) is 66.4 Å². The Bertz CT molecular complexity index is 463. The number of unbranched alkanes of at least 4 members (excludes halogenated alkanes) is 1. The smallest absolute Gasteiger partial charge is 0.303 e. The lowest BCUT2D eigenvalue weighted by Gasteiger charge is -2.06. The maximum Gasteiger partial charge on any atom is 0.303 e. The Balaban J connectivity index is 2.28. The molecule has 0 saturated carbocycles. The van der Waals surface area contributed by atoms with E-state index in [2.05, 4.69) is 5.32 Å². The van der Waals surface area contributed by atoms with Crippen LogP contribution in [0.4, 0.5) is 8.78 Å². The average molecular weight is 271 g/mol. The molecule has 0 aromatic heterocycles. The van der Waals surface area contributed by atoms with Crippen molar-refractivity contribution in [1.29, 1.82) is 0 Å². The number of aliphatic carboxylic acids is 1. The highest BCUT2D eigenvalue weighted by Crippen LogP contribution is 2.09. The summed E-state index contributed by atoms with van der Waals surface area (Å²) >= 11 is 0. The number of amides is 1. The van der Waals surface area contributed by atoms with Gasteiger partial charge in [-0.1, -0.05) is 6.07 Å². The fourth-order valence-corrected chi connectivity index (χ4v) is 1.51. The number of carboxylic acid groups (broad SMARTS) is 1. The zero-order chi connectivity index (χ0) is 14.3. The van der Waals surface area contributed by atoms with Crippen molar-refractivity contribution in [2.45, 2.75) is 32.2 Å². The Hall–Kier alpha value is -1.98. The van der Waals surface area contributed by atoms with E-state index in [4.69, 9.17) is 5.11 Å². The normalized spacial score (nSPS) is 10.2. The summed E-state index contributed by atoms with van der Waals surface area (Å²) in [5.74, 6) is -2.55. The van der Waals surface area contributed by atoms with Gasteiger partial charge in [-0.05, 0) is 18.9 Å². The van der Waals surface area contributed by atoms with Crippen LogP contribution in [0, 0.1) is 11.6 Å². The van der Waals surface area contributed by atoms with Gasteiger partial charge in [0.1, 0.15) is 11.6 Å². The van der Waals surface area contributed by atoms with Crippen molar-refractivity contribution in [2.75, 3.05) is 0 Å². The van der Waals surface area contributed by atoms with E-state index in [0.29, 0.717) is 12.8 Å². The van der Waals surface area contributed by atoms with Crippen LogP contribution in [0.3, 0.4) is 0 Å². The molecule has 2 N–H and O–H groups in total. The Morgan fingerprint density at radius 1 is 1.16 bits per heavy atom. The van der Waals surface area contributed by atoms with Gasteiger partial charge in [-0.25, -0.2) is 8.78 Å². The molecule has 0 atom stereocenters. The van der Waals surface area contributed by atoms with Gasteiger partial charge in [-0.2, -0.15) is 0 Å². The molecule has 1 amide bonds. The molecule has 6 heteroatoms. The van der Waals surface area contributed by atoms with Gasteiger partial charge in [0, 0.05) is 31.0 Å². The first-order chi connectivity index (χ1) is 8.99. The molecule has 0 heterocycles. The monoisotopic (exact) mass is 271 g/mol. The van der Waals surface area contributed by atoms with Gasteiger partial charge in [-0.3, -0.25) is 9.59 Å². The first-order valence-electron chi connectivity index (χ1n) is 5.91. The first-order valence-corrected chi connectivity index (χ1v) is 5.91. The zero-order valence-electron chi connectivity index (χ0n) is 10.3. The summed E-state index contributed by atoms with van der Waals surface area (Å²) in [6.07, 6.45) is 1.10. The number of carbonyl (C=O) groups excluding carboxylic acids is 1. The third-order valence-corrected chi connectivity index (χ3v) is 2.54. The second-order valence-electron chi connectivity index (χ2n) is 4.11. The van der Waals surface area contributed by atoms with Gasteiger partial charge in [0.15, 0.2) is 0 Å². The minimum absolute atomic E-state index is 0.0100. The van der Waals surface area contributed by atoms with E-state index in [1.165, 1.54) is 6.07 Å². The Morgan fingerprint density at radius 3 is 2.47 bits per heavy atom. The molecule has 0 aliphatic heterocycles. The lowest BCUT2D eigenvalue weighted by atomic mass is 10.1. The lowest BCUT2D eigenvalue weighted by Crippen LogP contribution is -2.23. The summed E-state index contributed by atoms with van der Waals surface area (Å²) < 4.78 is 25.9. The van der Waals surface area contributed by atoms with Crippen LogP contribution in [-0.2, 0) is 16.1 Å². The Labute approximate surface area is 109 Å². The van der Waals surface area contributed by atoms with E-state index in [9.17, 15) is 18.4 Å². The van der Waals surface area contributed by atoms with Crippen LogP contribution < -0.4 is 5.32 Å². The lowest BCUT2D eigenvalue weighted by molar-refractivity contribution is -0.137. The largest absolute Gasteiger partial charge is 0.481 e. The predicted molar refractivity (Wildman–Crippen MR) is 64.3 cm³/mol. The molecule has 0 radical (unpaired) electrons. The highest BCUT2D eigenvalue weighted by Gasteiger charge is 2.06. The SMILES string of the molecule is O=C(O)CCCCC(=O)NCc1ccc(F)cc1F. The van der Waals surface area contributed by atoms with Crippen LogP contribution in [0.5, 0.6) is 0 Å². The summed E-state index contributed by atoms with van der Waals surface area (Å²) in [7, 11) is 0. The number of benzene rings is 1. The molecule has 1 rings (SSSR count). The molecule has 0 saturated heterocycles. The van der Waals surface area contributed by atoms with Crippen molar-refractivity contribution in [3.05, 3.63) is 35.4 Å². The molecule has 0 fully saturated rings. The molecule has 1 aromatic rings. The van der Waals surface area contributed by atoms with Crippen molar-refractivity contribution in [3.63, 3.8) is 0 Å². The molecule has 19 heavy (non-hydrogen) atoms. The average Bonchev–Trinajstić information content (AvgIpc) is 2.33. The molecule has 0 spiro atoms. The maximum atomic E-state index is 13.2. The Morgan fingerprint density at radius 2 is 1.84 bits per heavy atom. The fraction of sp³-hybridized carbons (Fsp3) is 0.385. The fourth-order valence-electron chi connectivity index (χ4n) is 1.51. The zero-order valence-corrected chi connectivity index (χ0v) is 10.3. The molecule has 0 unspecified atom stereocenters. The van der Waals surface area contributed by atoms with Crippen LogP contribution >= 0.6 is 0 Å². The molecule has 0 aliphatic rings. The minimum atomic E-state index is -0.895. The van der Waals surface area contributed by atoms with Gasteiger partial charge in [0.2, 0.25) is 5.91 Å². The number of rotatable bonds is 7. The number of halogens is 2. The van der Waals surface area contributed by atoms with Crippen molar-refractivity contribution in [3.8, 4) is 0 Å². The molecular weight excluding hydrogens is 256 g/mol. The number of carboxylic acids is 1. The molecule has 4 nitrogen and oxygen atoms in total. The second-order valence-corrected chi connectivity index (χ2v) is 4.11. The second kappa shape index (κ2) is 7.45. The molecule has 104 valence electrons. The molecule has 0 aliphatic carbocycles. The predicted octanol–water partition coefficient (Wildman–Crippen LogP) is 2.23.